The van der Waals surface area contributed by atoms with Crippen molar-refractivity contribution in [2.75, 3.05) is 0 Å². The average Bonchev–Trinajstić information content (AvgIpc) is 2.81. The first kappa shape index (κ1) is 10.6. The van der Waals surface area contributed by atoms with Crippen molar-refractivity contribution in [1.82, 2.24) is 15.4 Å². The lowest BCUT2D eigenvalue weighted by Crippen LogP contribution is -2.30. The fraction of sp³-hybridized carbons (Fsp3) is 0.818. The van der Waals surface area contributed by atoms with Crippen LogP contribution in [0.3, 0.4) is 0 Å². The number of nitrogens with two attached hydrogens (primary N) is 1. The van der Waals surface area contributed by atoms with Gasteiger partial charge in [0, 0.05) is 0 Å². The molecule has 84 valence electrons. The molecule has 0 aliphatic heterocycles. The molecule has 4 nitrogen and oxygen atoms in total. The van der Waals surface area contributed by atoms with Crippen molar-refractivity contribution >= 4 is 0 Å². The van der Waals surface area contributed by atoms with Crippen molar-refractivity contribution < 1.29 is 0 Å². The first-order valence-electron chi connectivity index (χ1n) is 5.94. The Labute approximate surface area is 90.6 Å². The van der Waals surface area contributed by atoms with E-state index in [9.17, 15) is 0 Å². The van der Waals surface area contributed by atoms with Crippen LogP contribution in [0.2, 0.25) is 0 Å². The highest BCUT2D eigenvalue weighted by molar-refractivity contribution is 5.02. The molecule has 0 spiro atoms. The molecule has 0 saturated heterocycles. The third kappa shape index (κ3) is 2.20. The zero-order chi connectivity index (χ0) is 10.7. The largest absolute Gasteiger partial charge is 0.322 e. The molecule has 0 aromatic carbocycles. The molecular formula is C11H20N4. The number of hydrogen-bond donors (Lipinski definition) is 2. The summed E-state index contributed by atoms with van der Waals surface area (Å²) in [6.07, 6.45) is 8.23. The van der Waals surface area contributed by atoms with Gasteiger partial charge in [0.2, 0.25) is 0 Å². The number of aromatic amines is 1. The normalized spacial score (nSPS) is 28.9. The fourth-order valence-electron chi connectivity index (χ4n) is 2.81. The van der Waals surface area contributed by atoms with Crippen LogP contribution in [0, 0.1) is 11.8 Å². The molecule has 1 saturated carbocycles. The summed E-state index contributed by atoms with van der Waals surface area (Å²) in [5.41, 5.74) is 7.17. The summed E-state index contributed by atoms with van der Waals surface area (Å²) in [6, 6.07) is 0.0639. The van der Waals surface area contributed by atoms with Gasteiger partial charge in [-0.15, -0.1) is 0 Å². The van der Waals surface area contributed by atoms with Crippen LogP contribution in [-0.2, 0) is 0 Å². The Morgan fingerprint density at radius 3 is 3.00 bits per heavy atom. The van der Waals surface area contributed by atoms with Crippen LogP contribution >= 0.6 is 0 Å². The SMILES string of the molecule is CCC1CCCCC1C(N)c1cn[nH]n1. The van der Waals surface area contributed by atoms with Gasteiger partial charge in [-0.05, 0) is 18.3 Å². The molecule has 1 aliphatic rings. The highest BCUT2D eigenvalue weighted by Gasteiger charge is 2.30. The molecule has 0 radical (unpaired) electrons. The van der Waals surface area contributed by atoms with Crippen molar-refractivity contribution in [3.8, 4) is 0 Å². The van der Waals surface area contributed by atoms with Gasteiger partial charge < -0.3 is 5.73 Å². The quantitative estimate of drug-likeness (QED) is 0.798. The molecule has 1 fully saturated rings. The van der Waals surface area contributed by atoms with Crippen molar-refractivity contribution in [2.45, 2.75) is 45.1 Å². The maximum atomic E-state index is 6.26. The van der Waals surface area contributed by atoms with Gasteiger partial charge in [0.25, 0.3) is 0 Å². The number of nitrogens with one attached hydrogen (secondary N) is 1. The first-order valence-corrected chi connectivity index (χ1v) is 5.94. The molecule has 3 N–H and O–H groups in total. The molecule has 3 atom stereocenters. The zero-order valence-corrected chi connectivity index (χ0v) is 9.32. The minimum atomic E-state index is 0.0639. The Morgan fingerprint density at radius 1 is 1.53 bits per heavy atom. The van der Waals surface area contributed by atoms with E-state index in [1.54, 1.807) is 6.20 Å². The third-order valence-corrected chi connectivity index (χ3v) is 3.73. The molecule has 1 aromatic heterocycles. The van der Waals surface area contributed by atoms with E-state index >= 15 is 0 Å². The molecule has 0 amide bonds. The number of hydrogen-bond acceptors (Lipinski definition) is 3. The molecular weight excluding hydrogens is 188 g/mol. The van der Waals surface area contributed by atoms with Crippen molar-refractivity contribution in [2.24, 2.45) is 17.6 Å². The van der Waals surface area contributed by atoms with Gasteiger partial charge in [0.15, 0.2) is 0 Å². The summed E-state index contributed by atoms with van der Waals surface area (Å²) in [5, 5.41) is 10.6. The Morgan fingerprint density at radius 2 is 2.33 bits per heavy atom. The number of H-pyrrole nitrogens is 1. The maximum Gasteiger partial charge on any atom is 0.0994 e. The fourth-order valence-corrected chi connectivity index (χ4v) is 2.81. The van der Waals surface area contributed by atoms with Gasteiger partial charge in [-0.2, -0.15) is 15.4 Å². The molecule has 15 heavy (non-hydrogen) atoms. The average molecular weight is 208 g/mol. The highest BCUT2D eigenvalue weighted by atomic mass is 15.3. The predicted molar refractivity (Wildman–Crippen MR) is 59.1 cm³/mol. The van der Waals surface area contributed by atoms with Gasteiger partial charge in [-0.1, -0.05) is 32.6 Å². The second-order valence-electron chi connectivity index (χ2n) is 4.54. The predicted octanol–water partition coefficient (Wildman–Crippen LogP) is 2.02. The molecule has 1 aliphatic carbocycles. The minimum Gasteiger partial charge on any atom is -0.322 e. The molecule has 1 aromatic rings. The van der Waals surface area contributed by atoms with E-state index in [4.69, 9.17) is 5.73 Å². The van der Waals surface area contributed by atoms with E-state index in [-0.39, 0.29) is 6.04 Å². The summed E-state index contributed by atoms with van der Waals surface area (Å²) in [4.78, 5) is 0. The van der Waals surface area contributed by atoms with Gasteiger partial charge in [-0.3, -0.25) is 0 Å². The summed E-state index contributed by atoms with van der Waals surface area (Å²) in [5.74, 6) is 1.36. The van der Waals surface area contributed by atoms with E-state index in [2.05, 4.69) is 22.3 Å². The molecule has 3 unspecified atom stereocenters. The van der Waals surface area contributed by atoms with Crippen LogP contribution in [0.15, 0.2) is 6.20 Å². The van der Waals surface area contributed by atoms with Crippen LogP contribution < -0.4 is 5.73 Å². The number of rotatable bonds is 3. The Balaban J connectivity index is 2.07. The van der Waals surface area contributed by atoms with Crippen LogP contribution in [0.5, 0.6) is 0 Å². The van der Waals surface area contributed by atoms with E-state index in [0.29, 0.717) is 5.92 Å². The second-order valence-corrected chi connectivity index (χ2v) is 4.54. The molecule has 1 heterocycles. The van der Waals surface area contributed by atoms with E-state index in [1.165, 1.54) is 32.1 Å². The van der Waals surface area contributed by atoms with Crippen LogP contribution in [0.4, 0.5) is 0 Å². The number of aromatic nitrogens is 3. The Kier molecular flexibility index (Phi) is 3.36. The van der Waals surface area contributed by atoms with Gasteiger partial charge in [-0.25, -0.2) is 0 Å². The zero-order valence-electron chi connectivity index (χ0n) is 9.32. The Hall–Kier alpha value is -0.900. The molecule has 2 rings (SSSR count). The van der Waals surface area contributed by atoms with E-state index in [1.807, 2.05) is 0 Å². The number of nitrogens with zero attached hydrogens (tertiary/aromatic N) is 2. The monoisotopic (exact) mass is 208 g/mol. The van der Waals surface area contributed by atoms with Crippen LogP contribution in [0.1, 0.15) is 50.8 Å². The van der Waals surface area contributed by atoms with E-state index in [0.717, 1.165) is 11.6 Å². The van der Waals surface area contributed by atoms with Crippen molar-refractivity contribution in [3.05, 3.63) is 11.9 Å². The topological polar surface area (TPSA) is 67.6 Å². The molecule has 4 heteroatoms. The summed E-state index contributed by atoms with van der Waals surface area (Å²) in [7, 11) is 0. The first-order chi connectivity index (χ1) is 7.33. The van der Waals surface area contributed by atoms with Gasteiger partial charge in [0.05, 0.1) is 17.9 Å². The lowest BCUT2D eigenvalue weighted by molar-refractivity contribution is 0.194. The van der Waals surface area contributed by atoms with E-state index < -0.39 is 0 Å². The molecule has 0 bridgehead atoms. The lowest BCUT2D eigenvalue weighted by Gasteiger charge is -2.34. The lowest BCUT2D eigenvalue weighted by atomic mass is 9.73. The van der Waals surface area contributed by atoms with Crippen LogP contribution in [0.25, 0.3) is 0 Å². The summed E-state index contributed by atoms with van der Waals surface area (Å²) in [6.45, 7) is 2.26. The Bertz CT molecular complexity index is 283. The summed E-state index contributed by atoms with van der Waals surface area (Å²) >= 11 is 0. The second kappa shape index (κ2) is 4.75. The van der Waals surface area contributed by atoms with Crippen LogP contribution in [-0.4, -0.2) is 15.4 Å². The third-order valence-electron chi connectivity index (χ3n) is 3.73. The highest BCUT2D eigenvalue weighted by Crippen LogP contribution is 2.38. The minimum absolute atomic E-state index is 0.0639. The van der Waals surface area contributed by atoms with Gasteiger partial charge >= 0.3 is 0 Å². The van der Waals surface area contributed by atoms with Crippen molar-refractivity contribution in [1.29, 1.82) is 0 Å². The van der Waals surface area contributed by atoms with Gasteiger partial charge in [0.1, 0.15) is 0 Å². The summed E-state index contributed by atoms with van der Waals surface area (Å²) < 4.78 is 0. The smallest absolute Gasteiger partial charge is 0.0994 e. The maximum absolute atomic E-state index is 6.26. The standard InChI is InChI=1S/C11H20N4/c1-2-8-5-3-4-6-9(8)11(12)10-7-13-15-14-10/h7-9,11H,2-6,12H2,1H3,(H,13,14,15). The van der Waals surface area contributed by atoms with Crippen molar-refractivity contribution in [3.63, 3.8) is 0 Å².